The molecule has 4 aromatic rings. The largest absolute Gasteiger partial charge is 0.416 e. The maximum atomic E-state index is 14.1. The lowest BCUT2D eigenvalue weighted by atomic mass is 9.97. The van der Waals surface area contributed by atoms with E-state index in [1.807, 2.05) is 6.92 Å². The summed E-state index contributed by atoms with van der Waals surface area (Å²) in [6, 6.07) is 12.3. The Morgan fingerprint density at radius 2 is 1.74 bits per heavy atom. The molecule has 0 saturated heterocycles. The lowest BCUT2D eigenvalue weighted by Crippen LogP contribution is -2.34. The summed E-state index contributed by atoms with van der Waals surface area (Å²) in [7, 11) is 0. The Morgan fingerprint density at radius 3 is 2.42 bits per heavy atom. The van der Waals surface area contributed by atoms with Crippen molar-refractivity contribution in [2.24, 2.45) is 5.92 Å². The molecule has 10 heteroatoms. The Bertz CT molecular complexity index is 1630. The molecule has 1 aliphatic rings. The van der Waals surface area contributed by atoms with Crippen LogP contribution in [0.4, 0.5) is 17.6 Å². The van der Waals surface area contributed by atoms with E-state index in [-0.39, 0.29) is 41.9 Å². The number of hydrogen-bond acceptors (Lipinski definition) is 3. The van der Waals surface area contributed by atoms with Crippen LogP contribution in [0.2, 0.25) is 5.15 Å². The molecule has 38 heavy (non-hydrogen) atoms. The normalized spacial score (nSPS) is 16.0. The van der Waals surface area contributed by atoms with Gasteiger partial charge in [-0.25, -0.2) is 9.37 Å². The molecule has 3 heterocycles. The van der Waals surface area contributed by atoms with Crippen LogP contribution in [0, 0.1) is 18.7 Å². The first-order valence-electron chi connectivity index (χ1n) is 11.9. The molecule has 0 radical (unpaired) electrons. The number of halogens is 5. The van der Waals surface area contributed by atoms with Gasteiger partial charge < -0.3 is 9.47 Å². The van der Waals surface area contributed by atoms with Gasteiger partial charge in [0.15, 0.2) is 0 Å². The average Bonchev–Trinajstić information content (AvgIpc) is 2.96. The van der Waals surface area contributed by atoms with Crippen molar-refractivity contribution in [3.05, 3.63) is 98.3 Å². The minimum Gasteiger partial charge on any atom is -0.333 e. The number of aryl methyl sites for hydroxylation is 1. The molecule has 0 bridgehead atoms. The third kappa shape index (κ3) is 4.78. The second-order valence-corrected chi connectivity index (χ2v) is 10.1. The van der Waals surface area contributed by atoms with Crippen LogP contribution in [-0.2, 0) is 19.3 Å². The van der Waals surface area contributed by atoms with E-state index in [9.17, 15) is 27.2 Å². The Morgan fingerprint density at radius 1 is 1.03 bits per heavy atom. The van der Waals surface area contributed by atoms with Gasteiger partial charge in [-0.2, -0.15) is 13.2 Å². The van der Waals surface area contributed by atoms with Crippen molar-refractivity contribution in [3.8, 4) is 11.1 Å². The topological polar surface area (TPSA) is 55.2 Å². The Labute approximate surface area is 220 Å². The second-order valence-electron chi connectivity index (χ2n) is 9.67. The van der Waals surface area contributed by atoms with Crippen molar-refractivity contribution in [2.75, 3.05) is 6.54 Å². The van der Waals surface area contributed by atoms with E-state index in [2.05, 4.69) is 4.98 Å². The minimum atomic E-state index is -4.53. The van der Waals surface area contributed by atoms with Crippen molar-refractivity contribution in [1.29, 1.82) is 0 Å². The summed E-state index contributed by atoms with van der Waals surface area (Å²) in [6.07, 6.45) is -4.53. The highest BCUT2D eigenvalue weighted by molar-refractivity contribution is 6.30. The number of carbonyl (C=O) groups is 1. The summed E-state index contributed by atoms with van der Waals surface area (Å²) >= 11 is 6.09. The number of carbonyl (C=O) groups excluding carboxylic acids is 1. The Balaban J connectivity index is 1.72. The minimum absolute atomic E-state index is 0.0718. The van der Waals surface area contributed by atoms with Gasteiger partial charge in [0.05, 0.1) is 5.56 Å². The van der Waals surface area contributed by atoms with E-state index in [1.165, 1.54) is 39.8 Å². The maximum absolute atomic E-state index is 14.1. The molecule has 1 atom stereocenters. The monoisotopic (exact) mass is 543 g/mol. The average molecular weight is 544 g/mol. The molecule has 2 aromatic heterocycles. The zero-order chi connectivity index (χ0) is 27.4. The highest BCUT2D eigenvalue weighted by Gasteiger charge is 2.34. The number of fused-ring (bicyclic) bond motifs is 2. The van der Waals surface area contributed by atoms with Crippen molar-refractivity contribution in [2.45, 2.75) is 33.1 Å². The van der Waals surface area contributed by atoms with Crippen LogP contribution in [-0.4, -0.2) is 26.9 Å². The molecule has 0 unspecified atom stereocenters. The first kappa shape index (κ1) is 25.9. The van der Waals surface area contributed by atoms with Crippen molar-refractivity contribution >= 4 is 28.4 Å². The van der Waals surface area contributed by atoms with Crippen LogP contribution in [0.3, 0.4) is 0 Å². The highest BCUT2D eigenvalue weighted by atomic mass is 35.5. The van der Waals surface area contributed by atoms with Crippen LogP contribution < -0.4 is 5.56 Å². The number of alkyl halides is 3. The Kier molecular flexibility index (Phi) is 6.51. The van der Waals surface area contributed by atoms with Crippen LogP contribution in [0.5, 0.6) is 0 Å². The third-order valence-corrected chi connectivity index (χ3v) is 6.78. The molecule has 196 valence electrons. The fraction of sp³-hybridized carbons (Fsp3) is 0.250. The van der Waals surface area contributed by atoms with Gasteiger partial charge in [0, 0.05) is 30.6 Å². The van der Waals surface area contributed by atoms with Gasteiger partial charge in [-0.3, -0.25) is 9.59 Å². The van der Waals surface area contributed by atoms with Crippen LogP contribution in [0.1, 0.15) is 34.1 Å². The number of rotatable bonds is 3. The molecule has 5 rings (SSSR count). The van der Waals surface area contributed by atoms with Gasteiger partial charge in [0.2, 0.25) is 0 Å². The van der Waals surface area contributed by atoms with E-state index in [1.54, 1.807) is 19.1 Å². The standard InChI is InChI=1S/C28H22ClF4N3O2/c1-15-9-17(11-19(10-15)28(31,32)33)14-35-12-16(2)13-36-25(27(35)38)23(18-3-5-20(30)6-4-18)21-7-8-22(29)34-24(21)26(36)37/h3-11,16H,12-14H2,1-2H3/t16-/m0/s1. The lowest BCUT2D eigenvalue weighted by Gasteiger charge is -2.24. The van der Waals surface area contributed by atoms with Crippen molar-refractivity contribution in [1.82, 2.24) is 14.5 Å². The van der Waals surface area contributed by atoms with Gasteiger partial charge in [-0.15, -0.1) is 0 Å². The predicted octanol–water partition coefficient (Wildman–Crippen LogP) is 6.48. The van der Waals surface area contributed by atoms with E-state index in [4.69, 9.17) is 11.6 Å². The lowest BCUT2D eigenvalue weighted by molar-refractivity contribution is -0.137. The van der Waals surface area contributed by atoms with Gasteiger partial charge in [-0.1, -0.05) is 42.3 Å². The van der Waals surface area contributed by atoms with Crippen molar-refractivity contribution < 1.29 is 22.4 Å². The van der Waals surface area contributed by atoms with E-state index < -0.39 is 29.0 Å². The second kappa shape index (κ2) is 9.54. The third-order valence-electron chi connectivity index (χ3n) is 6.57. The number of amides is 1. The molecule has 0 saturated carbocycles. The van der Waals surface area contributed by atoms with Gasteiger partial charge in [0.25, 0.3) is 11.5 Å². The zero-order valence-electron chi connectivity index (χ0n) is 20.4. The summed E-state index contributed by atoms with van der Waals surface area (Å²) in [4.78, 5) is 33.3. The summed E-state index contributed by atoms with van der Waals surface area (Å²) in [5, 5.41) is 0.477. The molecule has 0 spiro atoms. The van der Waals surface area contributed by atoms with Crippen molar-refractivity contribution in [3.63, 3.8) is 0 Å². The van der Waals surface area contributed by atoms with E-state index in [0.717, 1.165) is 12.1 Å². The molecule has 5 nitrogen and oxygen atoms in total. The van der Waals surface area contributed by atoms with Gasteiger partial charge >= 0.3 is 6.18 Å². The smallest absolute Gasteiger partial charge is 0.333 e. The summed E-state index contributed by atoms with van der Waals surface area (Å²) in [5.74, 6) is -1.19. The Hall–Kier alpha value is -3.72. The van der Waals surface area contributed by atoms with Gasteiger partial charge in [-0.05, 0) is 60.4 Å². The molecular weight excluding hydrogens is 522 g/mol. The fourth-order valence-corrected chi connectivity index (χ4v) is 5.20. The van der Waals surface area contributed by atoms with E-state index >= 15 is 0 Å². The first-order valence-corrected chi connectivity index (χ1v) is 12.3. The van der Waals surface area contributed by atoms with Crippen LogP contribution in [0.25, 0.3) is 22.0 Å². The molecule has 0 fully saturated rings. The molecule has 1 aliphatic heterocycles. The van der Waals surface area contributed by atoms with Gasteiger partial charge in [0.1, 0.15) is 22.2 Å². The number of nitrogens with zero attached hydrogens (tertiary/aromatic N) is 3. The highest BCUT2D eigenvalue weighted by Crippen LogP contribution is 2.35. The predicted molar refractivity (Wildman–Crippen MR) is 136 cm³/mol. The quantitative estimate of drug-likeness (QED) is 0.220. The SMILES string of the molecule is Cc1cc(CN2C[C@H](C)Cn3c(c(-c4ccc(F)cc4)c4ccc(Cl)nc4c3=O)C2=O)cc(C(F)(F)F)c1. The molecular formula is C28H22ClF4N3O2. The number of aromatic nitrogens is 2. The summed E-state index contributed by atoms with van der Waals surface area (Å²) < 4.78 is 55.5. The first-order chi connectivity index (χ1) is 17.9. The van der Waals surface area contributed by atoms with Crippen LogP contribution >= 0.6 is 11.6 Å². The molecule has 0 N–H and O–H groups in total. The molecule has 1 amide bonds. The summed E-state index contributed by atoms with van der Waals surface area (Å²) in [5.41, 5.74) is 0.471. The number of benzene rings is 2. The van der Waals surface area contributed by atoms with Crippen LogP contribution in [0.15, 0.2) is 59.4 Å². The summed E-state index contributed by atoms with van der Waals surface area (Å²) in [6.45, 7) is 3.73. The molecule has 2 aromatic carbocycles. The molecule has 0 aliphatic carbocycles. The number of hydrogen-bond donors (Lipinski definition) is 0. The van der Waals surface area contributed by atoms with E-state index in [0.29, 0.717) is 27.6 Å². The fourth-order valence-electron chi connectivity index (χ4n) is 5.05. The zero-order valence-corrected chi connectivity index (χ0v) is 21.2. The number of pyridine rings is 2. The maximum Gasteiger partial charge on any atom is 0.416 e.